The maximum Gasteiger partial charge on any atom is 0.225 e. The number of hydrogen-bond donors (Lipinski definition) is 0. The number of likely N-dealkylation sites (tertiary alicyclic amines) is 1. The van der Waals surface area contributed by atoms with Gasteiger partial charge in [0.15, 0.2) is 0 Å². The zero-order valence-electron chi connectivity index (χ0n) is 15.9. The van der Waals surface area contributed by atoms with Crippen molar-refractivity contribution in [2.24, 2.45) is 0 Å². The van der Waals surface area contributed by atoms with Gasteiger partial charge < -0.3 is 14.5 Å². The van der Waals surface area contributed by atoms with Crippen LogP contribution in [0.4, 0.5) is 5.95 Å². The fraction of sp³-hybridized carbons (Fsp3) is 0.450. The Balaban J connectivity index is 2.11. The third-order valence-corrected chi connectivity index (χ3v) is 4.78. The largest absolute Gasteiger partial charge is 0.497 e. The molecule has 26 heavy (non-hydrogen) atoms. The Labute approximate surface area is 154 Å². The molecule has 0 aliphatic carbocycles. The van der Waals surface area contributed by atoms with Crippen molar-refractivity contribution in [3.05, 3.63) is 36.2 Å². The Morgan fingerprint density at radius 2 is 2.19 bits per heavy atom. The molecular formula is C20H26N4O2. The second-order valence-corrected chi connectivity index (χ2v) is 6.69. The van der Waals surface area contributed by atoms with Crippen molar-refractivity contribution in [1.82, 2.24) is 14.9 Å². The molecule has 138 valence electrons. The molecule has 1 amide bonds. The van der Waals surface area contributed by atoms with Crippen LogP contribution in [0.2, 0.25) is 0 Å². The highest BCUT2D eigenvalue weighted by molar-refractivity contribution is 5.77. The fourth-order valence-corrected chi connectivity index (χ4v) is 3.42. The maximum atomic E-state index is 12.4. The Morgan fingerprint density at radius 3 is 2.88 bits per heavy atom. The number of nitrogens with zero attached hydrogens (tertiary/aromatic N) is 4. The molecule has 6 nitrogen and oxygen atoms in total. The maximum absolute atomic E-state index is 12.4. The Hall–Kier alpha value is -2.63. The summed E-state index contributed by atoms with van der Waals surface area (Å²) in [7, 11) is 5.51. The molecule has 2 aromatic rings. The van der Waals surface area contributed by atoms with Crippen LogP contribution in [-0.4, -0.2) is 48.5 Å². The topological polar surface area (TPSA) is 58.6 Å². The zero-order valence-corrected chi connectivity index (χ0v) is 15.9. The standard InChI is InChI=1S/C20H26N4O2/c1-5-18(25)24-11-7-10-17(24)19-16(13-21-20(22-19)23(2)3)14-8-6-9-15(12-14)26-4/h6,8-9,12-13,17H,5,7,10-11H2,1-4H3/t17-/m1/s1. The van der Waals surface area contributed by atoms with Crippen molar-refractivity contribution >= 4 is 11.9 Å². The Kier molecular flexibility index (Phi) is 5.40. The van der Waals surface area contributed by atoms with Crippen LogP contribution in [0.25, 0.3) is 11.1 Å². The van der Waals surface area contributed by atoms with Crippen molar-refractivity contribution < 1.29 is 9.53 Å². The molecule has 0 radical (unpaired) electrons. The first kappa shape index (κ1) is 18.2. The summed E-state index contributed by atoms with van der Waals surface area (Å²) in [6, 6.07) is 7.88. The van der Waals surface area contributed by atoms with E-state index in [1.54, 1.807) is 7.11 Å². The molecule has 2 heterocycles. The molecule has 1 aromatic carbocycles. The lowest BCUT2D eigenvalue weighted by Gasteiger charge is -2.26. The van der Waals surface area contributed by atoms with E-state index >= 15 is 0 Å². The van der Waals surface area contributed by atoms with Gasteiger partial charge in [-0.15, -0.1) is 0 Å². The van der Waals surface area contributed by atoms with Crippen LogP contribution in [-0.2, 0) is 4.79 Å². The van der Waals surface area contributed by atoms with E-state index in [9.17, 15) is 4.79 Å². The van der Waals surface area contributed by atoms with Crippen molar-refractivity contribution in [1.29, 1.82) is 0 Å². The van der Waals surface area contributed by atoms with E-state index in [4.69, 9.17) is 9.72 Å². The van der Waals surface area contributed by atoms with Crippen LogP contribution in [0.15, 0.2) is 30.5 Å². The van der Waals surface area contributed by atoms with Crippen LogP contribution in [0.3, 0.4) is 0 Å². The average Bonchev–Trinajstić information content (AvgIpc) is 3.16. The van der Waals surface area contributed by atoms with E-state index in [1.807, 2.05) is 61.3 Å². The monoisotopic (exact) mass is 354 g/mol. The van der Waals surface area contributed by atoms with Crippen molar-refractivity contribution in [2.75, 3.05) is 32.6 Å². The molecule has 3 rings (SSSR count). The van der Waals surface area contributed by atoms with Gasteiger partial charge in [-0.05, 0) is 30.5 Å². The van der Waals surface area contributed by atoms with E-state index < -0.39 is 0 Å². The van der Waals surface area contributed by atoms with Crippen molar-refractivity contribution in [3.63, 3.8) is 0 Å². The summed E-state index contributed by atoms with van der Waals surface area (Å²) in [5, 5.41) is 0. The number of aromatic nitrogens is 2. The van der Waals surface area contributed by atoms with Crippen LogP contribution in [0.1, 0.15) is 37.9 Å². The number of amides is 1. The lowest BCUT2D eigenvalue weighted by Crippen LogP contribution is -2.31. The highest BCUT2D eigenvalue weighted by atomic mass is 16.5. The smallest absolute Gasteiger partial charge is 0.225 e. The lowest BCUT2D eigenvalue weighted by molar-refractivity contribution is -0.131. The molecule has 0 saturated carbocycles. The predicted octanol–water partition coefficient (Wildman–Crippen LogP) is 3.29. The molecule has 1 saturated heterocycles. The zero-order chi connectivity index (χ0) is 18.7. The van der Waals surface area contributed by atoms with Gasteiger partial charge in [0.1, 0.15) is 5.75 Å². The highest BCUT2D eigenvalue weighted by Gasteiger charge is 2.32. The van der Waals surface area contributed by atoms with Crippen LogP contribution in [0.5, 0.6) is 5.75 Å². The summed E-state index contributed by atoms with van der Waals surface area (Å²) in [6.07, 6.45) is 4.29. The number of carbonyl (C=O) groups excluding carboxylic acids is 1. The van der Waals surface area contributed by atoms with E-state index in [-0.39, 0.29) is 11.9 Å². The van der Waals surface area contributed by atoms with Crippen LogP contribution in [0, 0.1) is 0 Å². The van der Waals surface area contributed by atoms with E-state index in [0.29, 0.717) is 12.4 Å². The summed E-state index contributed by atoms with van der Waals surface area (Å²) in [4.78, 5) is 25.6. The van der Waals surface area contributed by atoms with Crippen LogP contribution < -0.4 is 9.64 Å². The third-order valence-electron chi connectivity index (χ3n) is 4.78. The molecule has 0 N–H and O–H groups in total. The van der Waals surface area contributed by atoms with Gasteiger partial charge in [-0.25, -0.2) is 9.97 Å². The predicted molar refractivity (Wildman–Crippen MR) is 102 cm³/mol. The molecular weight excluding hydrogens is 328 g/mol. The first-order valence-electron chi connectivity index (χ1n) is 9.03. The lowest BCUT2D eigenvalue weighted by atomic mass is 9.99. The molecule has 0 bridgehead atoms. The molecule has 0 spiro atoms. The number of benzene rings is 1. The fourth-order valence-electron chi connectivity index (χ4n) is 3.42. The number of hydrogen-bond acceptors (Lipinski definition) is 5. The first-order valence-corrected chi connectivity index (χ1v) is 9.03. The second-order valence-electron chi connectivity index (χ2n) is 6.69. The van der Waals surface area contributed by atoms with Gasteiger partial charge in [-0.1, -0.05) is 19.1 Å². The number of carbonyl (C=O) groups is 1. The summed E-state index contributed by atoms with van der Waals surface area (Å²) >= 11 is 0. The van der Waals surface area contributed by atoms with E-state index in [1.165, 1.54) is 0 Å². The molecule has 1 fully saturated rings. The Bertz CT molecular complexity index is 791. The molecule has 0 unspecified atom stereocenters. The minimum absolute atomic E-state index is 0.00893. The average molecular weight is 354 g/mol. The third kappa shape index (κ3) is 3.49. The van der Waals surface area contributed by atoms with Crippen molar-refractivity contribution in [2.45, 2.75) is 32.2 Å². The number of ether oxygens (including phenoxy) is 1. The van der Waals surface area contributed by atoms with Crippen LogP contribution >= 0.6 is 0 Å². The molecule has 1 aliphatic rings. The highest BCUT2D eigenvalue weighted by Crippen LogP contribution is 2.38. The molecule has 6 heteroatoms. The first-order chi connectivity index (χ1) is 12.5. The van der Waals surface area contributed by atoms with Gasteiger partial charge >= 0.3 is 0 Å². The number of rotatable bonds is 5. The summed E-state index contributed by atoms with van der Waals surface area (Å²) < 4.78 is 5.37. The molecule has 1 atom stereocenters. The van der Waals surface area contributed by atoms with Gasteiger partial charge in [0, 0.05) is 38.8 Å². The summed E-state index contributed by atoms with van der Waals surface area (Å²) in [5.41, 5.74) is 2.87. The SMILES string of the molecule is CCC(=O)N1CCC[C@@H]1c1nc(N(C)C)ncc1-c1cccc(OC)c1. The van der Waals surface area contributed by atoms with Crippen molar-refractivity contribution in [3.8, 4) is 16.9 Å². The normalized spacial score (nSPS) is 16.6. The molecule has 1 aromatic heterocycles. The van der Waals surface area contributed by atoms with Gasteiger partial charge in [-0.3, -0.25) is 4.79 Å². The quantitative estimate of drug-likeness (QED) is 0.825. The summed E-state index contributed by atoms with van der Waals surface area (Å²) in [6.45, 7) is 2.70. The van der Waals surface area contributed by atoms with Gasteiger partial charge in [0.05, 0.1) is 18.8 Å². The summed E-state index contributed by atoms with van der Waals surface area (Å²) in [5.74, 6) is 1.62. The van der Waals surface area contributed by atoms with Gasteiger partial charge in [-0.2, -0.15) is 0 Å². The van der Waals surface area contributed by atoms with E-state index in [2.05, 4.69) is 4.98 Å². The van der Waals surface area contributed by atoms with Gasteiger partial charge in [0.2, 0.25) is 11.9 Å². The minimum atomic E-state index is -0.00893. The number of anilines is 1. The minimum Gasteiger partial charge on any atom is -0.497 e. The number of methoxy groups -OCH3 is 1. The second kappa shape index (κ2) is 7.72. The van der Waals surface area contributed by atoms with E-state index in [0.717, 1.165) is 42.0 Å². The molecule has 1 aliphatic heterocycles. The van der Waals surface area contributed by atoms with Gasteiger partial charge in [0.25, 0.3) is 0 Å². The Morgan fingerprint density at radius 1 is 1.38 bits per heavy atom.